The van der Waals surface area contributed by atoms with Crippen molar-refractivity contribution in [1.82, 2.24) is 4.98 Å². The lowest BCUT2D eigenvalue weighted by Gasteiger charge is -2.15. The number of pyridine rings is 1. The molecule has 0 atom stereocenters. The van der Waals surface area contributed by atoms with E-state index < -0.39 is 5.91 Å². The van der Waals surface area contributed by atoms with Crippen LogP contribution in [-0.2, 0) is 12.8 Å². The van der Waals surface area contributed by atoms with E-state index >= 15 is 0 Å². The summed E-state index contributed by atoms with van der Waals surface area (Å²) in [5.74, 6) is -0.851. The normalized spacial score (nSPS) is 13.6. The van der Waals surface area contributed by atoms with Crippen molar-refractivity contribution in [3.05, 3.63) is 63.3 Å². The van der Waals surface area contributed by atoms with Crippen LogP contribution in [0.15, 0.2) is 35.1 Å². The fraction of sp³-hybridized carbons (Fsp3) is 0.250. The summed E-state index contributed by atoms with van der Waals surface area (Å²) in [6.07, 6.45) is 3.86. The molecule has 1 heterocycles. The number of halogens is 1. The Labute approximate surface area is 121 Å². The maximum atomic E-state index is 12.8. The third-order valence-electron chi connectivity index (χ3n) is 3.68. The lowest BCUT2D eigenvalue weighted by Crippen LogP contribution is -2.26. The second kappa shape index (κ2) is 5.52. The number of benzene rings is 1. The van der Waals surface area contributed by atoms with Gasteiger partial charge in [0.2, 0.25) is 0 Å². The fourth-order valence-corrected chi connectivity index (χ4v) is 2.58. The van der Waals surface area contributed by atoms with Crippen LogP contribution in [0.1, 0.15) is 34.5 Å². The molecule has 2 N–H and O–H groups in total. The lowest BCUT2D eigenvalue weighted by atomic mass is 9.95. The molecule has 0 bridgehead atoms. The van der Waals surface area contributed by atoms with E-state index in [-0.39, 0.29) is 16.9 Å². The van der Waals surface area contributed by atoms with Crippen LogP contribution >= 0.6 is 0 Å². The summed E-state index contributed by atoms with van der Waals surface area (Å²) in [6, 6.07) is 7.10. The van der Waals surface area contributed by atoms with Gasteiger partial charge in [-0.1, -0.05) is 0 Å². The Morgan fingerprint density at radius 2 is 1.86 bits per heavy atom. The van der Waals surface area contributed by atoms with Crippen LogP contribution in [0, 0.1) is 5.82 Å². The minimum absolute atomic E-state index is 0.0972. The van der Waals surface area contributed by atoms with Crippen LogP contribution < -0.4 is 10.9 Å². The third-order valence-corrected chi connectivity index (χ3v) is 3.68. The highest BCUT2D eigenvalue weighted by molar-refractivity contribution is 6.04. The van der Waals surface area contributed by atoms with Gasteiger partial charge in [-0.05, 0) is 61.6 Å². The zero-order valence-corrected chi connectivity index (χ0v) is 11.4. The first kappa shape index (κ1) is 13.5. The number of anilines is 1. The molecular weight excluding hydrogens is 271 g/mol. The summed E-state index contributed by atoms with van der Waals surface area (Å²) in [7, 11) is 0. The molecule has 1 aromatic heterocycles. The predicted octanol–water partition coefficient (Wildman–Crippen LogP) is 2.65. The van der Waals surface area contributed by atoms with Gasteiger partial charge in [0.15, 0.2) is 0 Å². The number of carbonyl (C=O) groups is 1. The summed E-state index contributed by atoms with van der Waals surface area (Å²) < 4.78 is 12.8. The van der Waals surface area contributed by atoms with Gasteiger partial charge < -0.3 is 10.3 Å². The van der Waals surface area contributed by atoms with E-state index in [0.29, 0.717) is 5.69 Å². The SMILES string of the molecule is O=C(Nc1ccc(F)cc1)c1cc2c([nH]c1=O)CCCC2. The van der Waals surface area contributed by atoms with Gasteiger partial charge in [0, 0.05) is 11.4 Å². The van der Waals surface area contributed by atoms with Gasteiger partial charge >= 0.3 is 0 Å². The highest BCUT2D eigenvalue weighted by Gasteiger charge is 2.17. The van der Waals surface area contributed by atoms with Gasteiger partial charge in [-0.25, -0.2) is 4.39 Å². The number of nitrogens with one attached hydrogen (secondary N) is 2. The Hall–Kier alpha value is -2.43. The van der Waals surface area contributed by atoms with Crippen molar-refractivity contribution in [1.29, 1.82) is 0 Å². The first-order valence-corrected chi connectivity index (χ1v) is 6.95. The van der Waals surface area contributed by atoms with Gasteiger partial charge in [-0.3, -0.25) is 9.59 Å². The van der Waals surface area contributed by atoms with Crippen molar-refractivity contribution >= 4 is 11.6 Å². The third kappa shape index (κ3) is 2.86. The molecule has 0 unspecified atom stereocenters. The molecule has 5 heteroatoms. The van der Waals surface area contributed by atoms with Crippen LogP contribution in [0.5, 0.6) is 0 Å². The van der Waals surface area contributed by atoms with Crippen molar-refractivity contribution < 1.29 is 9.18 Å². The van der Waals surface area contributed by atoms with Crippen LogP contribution in [0.2, 0.25) is 0 Å². The van der Waals surface area contributed by atoms with Crippen molar-refractivity contribution in [2.75, 3.05) is 5.32 Å². The molecule has 0 fully saturated rings. The van der Waals surface area contributed by atoms with E-state index in [4.69, 9.17) is 0 Å². The number of carbonyl (C=O) groups excluding carboxylic acids is 1. The Kier molecular flexibility index (Phi) is 3.56. The molecule has 1 aliphatic rings. The maximum Gasteiger partial charge on any atom is 0.261 e. The molecule has 1 aromatic carbocycles. The van der Waals surface area contributed by atoms with Gasteiger partial charge in [0.25, 0.3) is 11.5 Å². The zero-order chi connectivity index (χ0) is 14.8. The highest BCUT2D eigenvalue weighted by atomic mass is 19.1. The molecule has 4 nitrogen and oxygen atoms in total. The van der Waals surface area contributed by atoms with Gasteiger partial charge in [0.1, 0.15) is 11.4 Å². The summed E-state index contributed by atoms with van der Waals surface area (Å²) in [5.41, 5.74) is 2.14. The first-order chi connectivity index (χ1) is 10.1. The molecule has 3 rings (SSSR count). The molecule has 0 saturated heterocycles. The molecule has 0 spiro atoms. The number of amides is 1. The number of aryl methyl sites for hydroxylation is 2. The van der Waals surface area contributed by atoms with Gasteiger partial charge in [0.05, 0.1) is 0 Å². The number of rotatable bonds is 2. The number of aromatic nitrogens is 1. The fourth-order valence-electron chi connectivity index (χ4n) is 2.58. The van der Waals surface area contributed by atoms with E-state index in [2.05, 4.69) is 10.3 Å². The van der Waals surface area contributed by atoms with Gasteiger partial charge in [-0.2, -0.15) is 0 Å². The summed E-state index contributed by atoms with van der Waals surface area (Å²) >= 11 is 0. The highest BCUT2D eigenvalue weighted by Crippen LogP contribution is 2.19. The molecule has 0 radical (unpaired) electrons. The summed E-state index contributed by atoms with van der Waals surface area (Å²) in [5, 5.41) is 2.61. The van der Waals surface area contributed by atoms with E-state index in [1.54, 1.807) is 6.07 Å². The number of fused-ring (bicyclic) bond motifs is 1. The lowest BCUT2D eigenvalue weighted by molar-refractivity contribution is 0.102. The van der Waals surface area contributed by atoms with E-state index in [0.717, 1.165) is 36.9 Å². The van der Waals surface area contributed by atoms with Crippen LogP contribution in [0.25, 0.3) is 0 Å². The molecule has 0 aliphatic heterocycles. The Bertz CT molecular complexity index is 735. The molecule has 21 heavy (non-hydrogen) atoms. The number of hydrogen-bond donors (Lipinski definition) is 2. The molecule has 0 saturated carbocycles. The minimum Gasteiger partial charge on any atom is -0.325 e. The number of aromatic amines is 1. The molecular formula is C16H15FN2O2. The molecule has 2 aromatic rings. The number of hydrogen-bond acceptors (Lipinski definition) is 2. The topological polar surface area (TPSA) is 62.0 Å². The number of H-pyrrole nitrogens is 1. The molecule has 1 amide bonds. The van der Waals surface area contributed by atoms with Crippen molar-refractivity contribution in [3.8, 4) is 0 Å². The second-order valence-corrected chi connectivity index (χ2v) is 5.18. The average Bonchev–Trinajstić information content (AvgIpc) is 2.49. The van der Waals surface area contributed by atoms with E-state index in [9.17, 15) is 14.0 Å². The molecule has 108 valence electrons. The zero-order valence-electron chi connectivity index (χ0n) is 11.4. The van der Waals surface area contributed by atoms with Gasteiger partial charge in [-0.15, -0.1) is 0 Å². The second-order valence-electron chi connectivity index (χ2n) is 5.18. The standard InChI is InChI=1S/C16H15FN2O2/c17-11-5-7-12(8-6-11)18-15(20)13-9-10-3-1-2-4-14(10)19-16(13)21/h5-9H,1-4H2,(H,18,20)(H,19,21). The monoisotopic (exact) mass is 286 g/mol. The predicted molar refractivity (Wildman–Crippen MR) is 78.1 cm³/mol. The van der Waals surface area contributed by atoms with Crippen molar-refractivity contribution in [2.45, 2.75) is 25.7 Å². The smallest absolute Gasteiger partial charge is 0.261 e. The summed E-state index contributed by atoms with van der Waals surface area (Å²) in [6.45, 7) is 0. The van der Waals surface area contributed by atoms with Crippen molar-refractivity contribution in [3.63, 3.8) is 0 Å². The first-order valence-electron chi connectivity index (χ1n) is 6.95. The van der Waals surface area contributed by atoms with E-state index in [1.807, 2.05) is 0 Å². The van der Waals surface area contributed by atoms with Crippen LogP contribution in [0.4, 0.5) is 10.1 Å². The average molecular weight is 286 g/mol. The Balaban J connectivity index is 1.87. The summed E-state index contributed by atoms with van der Waals surface area (Å²) in [4.78, 5) is 27.0. The largest absolute Gasteiger partial charge is 0.325 e. The van der Waals surface area contributed by atoms with Crippen LogP contribution in [-0.4, -0.2) is 10.9 Å². The van der Waals surface area contributed by atoms with Crippen LogP contribution in [0.3, 0.4) is 0 Å². The quantitative estimate of drug-likeness (QED) is 0.891. The van der Waals surface area contributed by atoms with Crippen molar-refractivity contribution in [2.24, 2.45) is 0 Å². The molecule has 1 aliphatic carbocycles. The Morgan fingerprint density at radius 3 is 2.62 bits per heavy atom. The maximum absolute atomic E-state index is 12.8. The minimum atomic E-state index is -0.476. The van der Waals surface area contributed by atoms with E-state index in [1.165, 1.54) is 24.3 Å². The Morgan fingerprint density at radius 1 is 1.14 bits per heavy atom.